The van der Waals surface area contributed by atoms with Gasteiger partial charge in [0.1, 0.15) is 11.6 Å². The first-order valence-corrected chi connectivity index (χ1v) is 10.1. The second-order valence-corrected chi connectivity index (χ2v) is 7.34. The largest absolute Gasteiger partial charge is 0.384 e. The lowest BCUT2D eigenvalue weighted by Gasteiger charge is -2.27. The van der Waals surface area contributed by atoms with Crippen LogP contribution in [-0.2, 0) is 0 Å². The molecule has 5 rings (SSSR count). The Morgan fingerprint density at radius 1 is 0.833 bits per heavy atom. The van der Waals surface area contributed by atoms with E-state index in [1.165, 1.54) is 6.42 Å². The molecule has 1 saturated heterocycles. The Balaban J connectivity index is 1.53. The summed E-state index contributed by atoms with van der Waals surface area (Å²) in [6.07, 6.45) is 8.69. The van der Waals surface area contributed by atoms with Gasteiger partial charge in [-0.05, 0) is 49.6 Å². The standard InChI is InChI=1S/C22H22N8/c23-20-7-4-15(14-26-20)18-13-21(29-22(28-18)30-10-2-1-3-11-30)27-16-5-6-17-19(12-16)25-9-8-24-17/h4-9,12-14H,1-3,10-11H2,(H2,23,26)(H,27,28,29). The summed E-state index contributed by atoms with van der Waals surface area (Å²) in [5.74, 6) is 1.94. The van der Waals surface area contributed by atoms with Crippen molar-refractivity contribution < 1.29 is 0 Å². The van der Waals surface area contributed by atoms with Crippen LogP contribution in [0.2, 0.25) is 0 Å². The molecule has 0 unspecified atom stereocenters. The zero-order valence-electron chi connectivity index (χ0n) is 16.5. The SMILES string of the molecule is Nc1ccc(-c2cc(Nc3ccc4nccnc4c3)nc(N3CCCCC3)n2)cn1. The number of benzene rings is 1. The lowest BCUT2D eigenvalue weighted by atomic mass is 10.1. The average molecular weight is 398 g/mol. The van der Waals surface area contributed by atoms with E-state index in [0.717, 1.165) is 65.7 Å². The molecule has 150 valence electrons. The zero-order valence-corrected chi connectivity index (χ0v) is 16.5. The van der Waals surface area contributed by atoms with Crippen LogP contribution < -0.4 is 16.0 Å². The highest BCUT2D eigenvalue weighted by molar-refractivity contribution is 5.79. The minimum absolute atomic E-state index is 0.486. The highest BCUT2D eigenvalue weighted by Crippen LogP contribution is 2.27. The summed E-state index contributed by atoms with van der Waals surface area (Å²) in [6, 6.07) is 11.5. The van der Waals surface area contributed by atoms with Gasteiger partial charge in [-0.25, -0.2) is 9.97 Å². The lowest BCUT2D eigenvalue weighted by molar-refractivity contribution is 0.568. The predicted molar refractivity (Wildman–Crippen MR) is 119 cm³/mol. The van der Waals surface area contributed by atoms with Crippen molar-refractivity contribution in [1.82, 2.24) is 24.9 Å². The molecule has 0 amide bonds. The van der Waals surface area contributed by atoms with Crippen molar-refractivity contribution in [2.24, 2.45) is 0 Å². The van der Waals surface area contributed by atoms with Crippen molar-refractivity contribution in [3.63, 3.8) is 0 Å². The van der Waals surface area contributed by atoms with Gasteiger partial charge in [0.25, 0.3) is 0 Å². The van der Waals surface area contributed by atoms with Crippen molar-refractivity contribution in [2.45, 2.75) is 19.3 Å². The number of anilines is 4. The molecule has 0 atom stereocenters. The van der Waals surface area contributed by atoms with E-state index in [-0.39, 0.29) is 0 Å². The van der Waals surface area contributed by atoms with Crippen molar-refractivity contribution in [3.8, 4) is 11.3 Å². The van der Waals surface area contributed by atoms with E-state index < -0.39 is 0 Å². The zero-order chi connectivity index (χ0) is 20.3. The van der Waals surface area contributed by atoms with E-state index >= 15 is 0 Å². The number of aromatic nitrogens is 5. The summed E-state index contributed by atoms with van der Waals surface area (Å²) in [7, 11) is 0. The first-order valence-electron chi connectivity index (χ1n) is 10.1. The molecule has 1 aliphatic rings. The minimum atomic E-state index is 0.486. The fraction of sp³-hybridized carbons (Fsp3) is 0.227. The van der Waals surface area contributed by atoms with Crippen molar-refractivity contribution in [3.05, 3.63) is 55.0 Å². The van der Waals surface area contributed by atoms with Gasteiger partial charge >= 0.3 is 0 Å². The summed E-state index contributed by atoms with van der Waals surface area (Å²) >= 11 is 0. The van der Waals surface area contributed by atoms with Gasteiger partial charge in [-0.15, -0.1) is 0 Å². The maximum absolute atomic E-state index is 5.75. The molecule has 30 heavy (non-hydrogen) atoms. The van der Waals surface area contributed by atoms with Crippen molar-refractivity contribution >= 4 is 34.3 Å². The second kappa shape index (κ2) is 7.90. The summed E-state index contributed by atoms with van der Waals surface area (Å²) in [5, 5.41) is 3.41. The molecule has 0 radical (unpaired) electrons. The first kappa shape index (κ1) is 18.2. The van der Waals surface area contributed by atoms with Crippen LogP contribution in [0.25, 0.3) is 22.3 Å². The Labute approximate surface area is 174 Å². The number of hydrogen-bond donors (Lipinski definition) is 2. The Hall–Kier alpha value is -3.81. The Morgan fingerprint density at radius 2 is 1.67 bits per heavy atom. The summed E-state index contributed by atoms with van der Waals surface area (Å²) in [6.45, 7) is 1.93. The highest BCUT2D eigenvalue weighted by Gasteiger charge is 2.16. The molecule has 3 N–H and O–H groups in total. The number of piperidine rings is 1. The van der Waals surface area contributed by atoms with Gasteiger partial charge in [0.2, 0.25) is 5.95 Å². The normalized spacial score (nSPS) is 14.1. The molecular formula is C22H22N8. The molecule has 0 spiro atoms. The van der Waals surface area contributed by atoms with Gasteiger partial charge in [0.05, 0.1) is 16.7 Å². The van der Waals surface area contributed by atoms with Crippen LogP contribution in [0, 0.1) is 0 Å². The minimum Gasteiger partial charge on any atom is -0.384 e. The van der Waals surface area contributed by atoms with Crippen LogP contribution in [0.4, 0.5) is 23.3 Å². The molecule has 3 aromatic heterocycles. The molecule has 8 heteroatoms. The monoisotopic (exact) mass is 398 g/mol. The van der Waals surface area contributed by atoms with Crippen LogP contribution in [-0.4, -0.2) is 38.0 Å². The molecule has 1 aliphatic heterocycles. The predicted octanol–water partition coefficient (Wildman–Crippen LogP) is 3.80. The molecule has 1 aromatic carbocycles. The number of rotatable bonds is 4. The Kier molecular flexibility index (Phi) is 4.80. The topological polar surface area (TPSA) is 106 Å². The lowest BCUT2D eigenvalue weighted by Crippen LogP contribution is -2.31. The molecule has 0 saturated carbocycles. The van der Waals surface area contributed by atoms with Crippen molar-refractivity contribution in [2.75, 3.05) is 29.0 Å². The number of hydrogen-bond acceptors (Lipinski definition) is 8. The Morgan fingerprint density at radius 3 is 2.47 bits per heavy atom. The van der Waals surface area contributed by atoms with Gasteiger partial charge < -0.3 is 16.0 Å². The van der Waals surface area contributed by atoms with Crippen LogP contribution in [0.1, 0.15) is 19.3 Å². The first-order chi connectivity index (χ1) is 14.7. The van der Waals surface area contributed by atoms with Crippen molar-refractivity contribution in [1.29, 1.82) is 0 Å². The van der Waals surface area contributed by atoms with Crippen LogP contribution >= 0.6 is 0 Å². The quantitative estimate of drug-likeness (QED) is 0.535. The van der Waals surface area contributed by atoms with Gasteiger partial charge in [0.15, 0.2) is 0 Å². The third kappa shape index (κ3) is 3.84. The molecular weight excluding hydrogens is 376 g/mol. The molecule has 0 aliphatic carbocycles. The van der Waals surface area contributed by atoms with Gasteiger partial charge in [-0.1, -0.05) is 0 Å². The van der Waals surface area contributed by atoms with E-state index in [1.807, 2.05) is 30.3 Å². The van der Waals surface area contributed by atoms with Gasteiger partial charge in [-0.3, -0.25) is 9.97 Å². The number of nitrogens with one attached hydrogen (secondary N) is 1. The number of pyridine rings is 1. The fourth-order valence-corrected chi connectivity index (χ4v) is 3.63. The number of fused-ring (bicyclic) bond motifs is 1. The molecule has 8 nitrogen and oxygen atoms in total. The average Bonchev–Trinajstić information content (AvgIpc) is 2.80. The van der Waals surface area contributed by atoms with Crippen LogP contribution in [0.15, 0.2) is 55.0 Å². The van der Waals surface area contributed by atoms with Gasteiger partial charge in [0, 0.05) is 49.0 Å². The molecule has 4 heterocycles. The third-order valence-corrected chi connectivity index (χ3v) is 5.18. The summed E-state index contributed by atoms with van der Waals surface area (Å²) < 4.78 is 0. The molecule has 0 bridgehead atoms. The number of nitrogens with two attached hydrogens (primary N) is 1. The maximum Gasteiger partial charge on any atom is 0.227 e. The number of nitrogens with zero attached hydrogens (tertiary/aromatic N) is 6. The Bertz CT molecular complexity index is 1170. The van der Waals surface area contributed by atoms with E-state index in [9.17, 15) is 0 Å². The smallest absolute Gasteiger partial charge is 0.227 e. The summed E-state index contributed by atoms with van der Waals surface area (Å²) in [4.78, 5) is 24.8. The molecule has 4 aromatic rings. The third-order valence-electron chi connectivity index (χ3n) is 5.18. The van der Waals surface area contributed by atoms with Gasteiger partial charge in [-0.2, -0.15) is 4.98 Å². The van der Waals surface area contributed by atoms with Crippen LogP contribution in [0.3, 0.4) is 0 Å². The van der Waals surface area contributed by atoms with E-state index in [1.54, 1.807) is 24.7 Å². The van der Waals surface area contributed by atoms with E-state index in [0.29, 0.717) is 5.82 Å². The summed E-state index contributed by atoms with van der Waals surface area (Å²) in [5.41, 5.74) is 10.0. The number of nitrogen functional groups attached to an aromatic ring is 1. The van der Waals surface area contributed by atoms with E-state index in [2.05, 4.69) is 25.2 Å². The maximum atomic E-state index is 5.75. The molecule has 1 fully saturated rings. The second-order valence-electron chi connectivity index (χ2n) is 7.34. The highest BCUT2D eigenvalue weighted by atomic mass is 15.3. The van der Waals surface area contributed by atoms with E-state index in [4.69, 9.17) is 15.7 Å². The fourth-order valence-electron chi connectivity index (χ4n) is 3.63. The van der Waals surface area contributed by atoms with Crippen LogP contribution in [0.5, 0.6) is 0 Å².